The van der Waals surface area contributed by atoms with E-state index in [1.165, 1.54) is 6.07 Å². The zero-order valence-corrected chi connectivity index (χ0v) is 14.2. The highest BCUT2D eigenvalue weighted by Gasteiger charge is 2.19. The predicted molar refractivity (Wildman–Crippen MR) is 91.8 cm³/mol. The smallest absolute Gasteiger partial charge is 0.338 e. The zero-order valence-electron chi connectivity index (χ0n) is 13.5. The van der Waals surface area contributed by atoms with Gasteiger partial charge in [0.25, 0.3) is 11.6 Å². The molecule has 7 nitrogen and oxygen atoms in total. The summed E-state index contributed by atoms with van der Waals surface area (Å²) in [5, 5.41) is 14.3. The quantitative estimate of drug-likeness (QED) is 0.498. The minimum absolute atomic E-state index is 0.00425. The van der Waals surface area contributed by atoms with Crippen LogP contribution in [0.25, 0.3) is 0 Å². The second kappa shape index (κ2) is 7.76. The van der Waals surface area contributed by atoms with Crippen molar-refractivity contribution in [3.63, 3.8) is 0 Å². The lowest BCUT2D eigenvalue weighted by molar-refractivity contribution is -0.384. The van der Waals surface area contributed by atoms with Crippen molar-refractivity contribution >= 4 is 29.2 Å². The van der Waals surface area contributed by atoms with Gasteiger partial charge in [-0.1, -0.05) is 23.7 Å². The van der Waals surface area contributed by atoms with Crippen molar-refractivity contribution in [2.45, 2.75) is 13.0 Å². The molecule has 1 atom stereocenters. The minimum Gasteiger partial charge on any atom is -0.465 e. The average Bonchev–Trinajstić information content (AvgIpc) is 2.60. The molecule has 1 N–H and O–H groups in total. The third kappa shape index (κ3) is 4.54. The maximum Gasteiger partial charge on any atom is 0.338 e. The molecule has 0 spiro atoms. The fraction of sp³-hybridized carbons (Fsp3) is 0.176. The number of benzene rings is 2. The summed E-state index contributed by atoms with van der Waals surface area (Å²) in [5.41, 5.74) is 0.375. The van der Waals surface area contributed by atoms with E-state index in [0.717, 1.165) is 24.8 Å². The fourth-order valence-corrected chi connectivity index (χ4v) is 2.32. The molecule has 0 aromatic heterocycles. The Balaban J connectivity index is 2.28. The molecule has 0 aliphatic rings. The summed E-state index contributed by atoms with van der Waals surface area (Å²) >= 11 is 5.83. The van der Waals surface area contributed by atoms with Gasteiger partial charge in [-0.2, -0.15) is 0 Å². The molecule has 0 aliphatic heterocycles. The SMILES string of the molecule is COC(=O)c1cc(C(=O)N[C@H](C)c2ccc(Cl)cc2)cc([N+](=O)[O-])c1. The Morgan fingerprint density at radius 1 is 1.16 bits per heavy atom. The van der Waals surface area contributed by atoms with Gasteiger partial charge >= 0.3 is 5.97 Å². The van der Waals surface area contributed by atoms with Crippen molar-refractivity contribution in [1.82, 2.24) is 5.32 Å². The Morgan fingerprint density at radius 2 is 1.76 bits per heavy atom. The van der Waals surface area contributed by atoms with Crippen LogP contribution in [0, 0.1) is 10.1 Å². The molecule has 0 heterocycles. The third-order valence-electron chi connectivity index (χ3n) is 3.53. The number of nitro benzene ring substituents is 1. The molecule has 0 saturated heterocycles. The van der Waals surface area contributed by atoms with Gasteiger partial charge in [0.15, 0.2) is 0 Å². The molecule has 0 saturated carbocycles. The van der Waals surface area contributed by atoms with E-state index in [4.69, 9.17) is 11.6 Å². The van der Waals surface area contributed by atoms with Crippen LogP contribution in [0.3, 0.4) is 0 Å². The third-order valence-corrected chi connectivity index (χ3v) is 3.78. The number of rotatable bonds is 5. The topological polar surface area (TPSA) is 98.5 Å². The Morgan fingerprint density at radius 3 is 2.32 bits per heavy atom. The van der Waals surface area contributed by atoms with E-state index in [2.05, 4.69) is 10.1 Å². The number of halogens is 1. The second-order valence-corrected chi connectivity index (χ2v) is 5.70. The van der Waals surface area contributed by atoms with Gasteiger partial charge in [0, 0.05) is 22.7 Å². The zero-order chi connectivity index (χ0) is 18.6. The molecule has 2 rings (SSSR count). The van der Waals surface area contributed by atoms with Crippen LogP contribution in [0.2, 0.25) is 5.02 Å². The van der Waals surface area contributed by atoms with Gasteiger partial charge in [-0.25, -0.2) is 4.79 Å². The van der Waals surface area contributed by atoms with Crippen molar-refractivity contribution in [3.8, 4) is 0 Å². The van der Waals surface area contributed by atoms with Gasteiger partial charge in [-0.3, -0.25) is 14.9 Å². The molecule has 2 aromatic carbocycles. The first-order valence-electron chi connectivity index (χ1n) is 7.26. The van der Waals surface area contributed by atoms with E-state index < -0.39 is 16.8 Å². The fourth-order valence-electron chi connectivity index (χ4n) is 2.20. The summed E-state index contributed by atoms with van der Waals surface area (Å²) in [4.78, 5) is 34.4. The van der Waals surface area contributed by atoms with Crippen LogP contribution in [-0.2, 0) is 4.74 Å². The summed E-state index contributed by atoms with van der Waals surface area (Å²) in [6, 6.07) is 9.99. The van der Waals surface area contributed by atoms with Crippen LogP contribution in [0.5, 0.6) is 0 Å². The standard InChI is InChI=1S/C17H15ClN2O5/c1-10(11-3-5-14(18)6-4-11)19-16(21)12-7-13(17(22)25-2)9-15(8-12)20(23)24/h3-10H,1-2H3,(H,19,21)/t10-/m1/s1. The number of nitro groups is 1. The molecular formula is C17H15ClN2O5. The Labute approximate surface area is 148 Å². The van der Waals surface area contributed by atoms with Gasteiger partial charge < -0.3 is 10.1 Å². The monoisotopic (exact) mass is 362 g/mol. The Hall–Kier alpha value is -2.93. The molecule has 2 aromatic rings. The van der Waals surface area contributed by atoms with E-state index in [1.54, 1.807) is 31.2 Å². The molecule has 1 amide bonds. The number of esters is 1. The van der Waals surface area contributed by atoms with Gasteiger partial charge in [0.1, 0.15) is 0 Å². The highest BCUT2D eigenvalue weighted by atomic mass is 35.5. The Kier molecular flexibility index (Phi) is 5.71. The summed E-state index contributed by atoms with van der Waals surface area (Å²) in [6.07, 6.45) is 0. The highest BCUT2D eigenvalue weighted by Crippen LogP contribution is 2.20. The second-order valence-electron chi connectivity index (χ2n) is 5.26. The molecule has 0 fully saturated rings. The van der Waals surface area contributed by atoms with Crippen LogP contribution < -0.4 is 5.32 Å². The number of nitrogens with one attached hydrogen (secondary N) is 1. The first kappa shape index (κ1) is 18.4. The van der Waals surface area contributed by atoms with Crippen molar-refractivity contribution in [1.29, 1.82) is 0 Å². The molecule has 0 bridgehead atoms. The van der Waals surface area contributed by atoms with Crippen molar-refractivity contribution in [2.75, 3.05) is 7.11 Å². The number of carbonyl (C=O) groups is 2. The van der Waals surface area contributed by atoms with Crippen molar-refractivity contribution in [2.24, 2.45) is 0 Å². The van der Waals surface area contributed by atoms with Gasteiger partial charge in [0.2, 0.25) is 0 Å². The number of nitrogens with zero attached hydrogens (tertiary/aromatic N) is 1. The van der Waals surface area contributed by atoms with Gasteiger partial charge in [-0.15, -0.1) is 0 Å². The van der Waals surface area contributed by atoms with Crippen LogP contribution >= 0.6 is 11.6 Å². The van der Waals surface area contributed by atoms with E-state index in [9.17, 15) is 19.7 Å². The molecular weight excluding hydrogens is 348 g/mol. The van der Waals surface area contributed by atoms with Gasteiger partial charge in [-0.05, 0) is 30.7 Å². The lowest BCUT2D eigenvalue weighted by atomic mass is 10.1. The van der Waals surface area contributed by atoms with E-state index in [0.29, 0.717) is 5.02 Å². The maximum atomic E-state index is 12.4. The normalized spacial score (nSPS) is 11.5. The van der Waals surface area contributed by atoms with Crippen molar-refractivity contribution in [3.05, 3.63) is 74.3 Å². The number of carbonyl (C=O) groups excluding carboxylic acids is 2. The molecule has 25 heavy (non-hydrogen) atoms. The lowest BCUT2D eigenvalue weighted by Gasteiger charge is -2.15. The average molecular weight is 363 g/mol. The van der Waals surface area contributed by atoms with Crippen LogP contribution in [0.4, 0.5) is 5.69 Å². The highest BCUT2D eigenvalue weighted by molar-refractivity contribution is 6.30. The Bertz CT molecular complexity index is 820. The first-order chi connectivity index (χ1) is 11.8. The van der Waals surface area contributed by atoms with E-state index in [1.807, 2.05) is 0 Å². The number of hydrogen-bond donors (Lipinski definition) is 1. The number of methoxy groups -OCH3 is 1. The molecule has 0 aliphatic carbocycles. The molecule has 0 radical (unpaired) electrons. The van der Waals surface area contributed by atoms with E-state index >= 15 is 0 Å². The van der Waals surface area contributed by atoms with Crippen molar-refractivity contribution < 1.29 is 19.2 Å². The number of non-ortho nitro benzene ring substituents is 1. The molecule has 130 valence electrons. The largest absolute Gasteiger partial charge is 0.465 e. The van der Waals surface area contributed by atoms with Crippen LogP contribution in [-0.4, -0.2) is 23.9 Å². The lowest BCUT2D eigenvalue weighted by Crippen LogP contribution is -2.27. The van der Waals surface area contributed by atoms with E-state index in [-0.39, 0.29) is 22.9 Å². The number of amides is 1. The predicted octanol–water partition coefficient (Wildman–Crippen LogP) is 3.53. The molecule has 8 heteroatoms. The number of ether oxygens (including phenoxy) is 1. The minimum atomic E-state index is -0.761. The number of hydrogen-bond acceptors (Lipinski definition) is 5. The summed E-state index contributed by atoms with van der Waals surface area (Å²) < 4.78 is 4.56. The maximum absolute atomic E-state index is 12.4. The van der Waals surface area contributed by atoms with Crippen LogP contribution in [0.15, 0.2) is 42.5 Å². The summed E-state index contributed by atoms with van der Waals surface area (Å²) in [6.45, 7) is 1.76. The van der Waals surface area contributed by atoms with Crippen LogP contribution in [0.1, 0.15) is 39.2 Å². The first-order valence-corrected chi connectivity index (χ1v) is 7.63. The summed E-state index contributed by atoms with van der Waals surface area (Å²) in [7, 11) is 1.16. The van der Waals surface area contributed by atoms with Gasteiger partial charge in [0.05, 0.1) is 23.6 Å². The molecule has 0 unspecified atom stereocenters. The summed E-state index contributed by atoms with van der Waals surface area (Å²) in [5.74, 6) is -1.31.